The number of benzene rings is 2. The molecule has 1 unspecified atom stereocenters. The van der Waals surface area contributed by atoms with Crippen LogP contribution in [0.3, 0.4) is 0 Å². The van der Waals surface area contributed by atoms with E-state index in [4.69, 9.17) is 4.74 Å². The number of rotatable bonds is 5. The van der Waals surface area contributed by atoms with Crippen LogP contribution < -0.4 is 10.1 Å². The molecule has 1 atom stereocenters. The number of methoxy groups -OCH3 is 1. The van der Waals surface area contributed by atoms with E-state index in [9.17, 15) is 13.2 Å². The molecule has 1 N–H and O–H groups in total. The van der Waals surface area contributed by atoms with Gasteiger partial charge in [0, 0.05) is 24.3 Å². The van der Waals surface area contributed by atoms with Gasteiger partial charge in [-0.25, -0.2) is 8.42 Å². The molecule has 1 aliphatic rings. The number of carbonyl (C=O) groups is 1. The van der Waals surface area contributed by atoms with Crippen molar-refractivity contribution in [3.8, 4) is 5.75 Å². The molecule has 0 bridgehead atoms. The molecule has 144 valence electrons. The van der Waals surface area contributed by atoms with Gasteiger partial charge in [-0.1, -0.05) is 13.0 Å². The van der Waals surface area contributed by atoms with Gasteiger partial charge in [0.1, 0.15) is 5.75 Å². The third-order valence-electron chi connectivity index (χ3n) is 4.70. The number of ether oxygens (including phenoxy) is 1. The molecule has 3 rings (SSSR count). The predicted octanol–water partition coefficient (Wildman–Crippen LogP) is 3.37. The van der Waals surface area contributed by atoms with E-state index in [1.54, 1.807) is 47.8 Å². The van der Waals surface area contributed by atoms with Crippen LogP contribution in [-0.4, -0.2) is 38.8 Å². The molecule has 7 heteroatoms. The first-order valence-electron chi connectivity index (χ1n) is 8.96. The molecular weight excluding hydrogens is 364 g/mol. The van der Waals surface area contributed by atoms with E-state index in [0.29, 0.717) is 36.0 Å². The largest absolute Gasteiger partial charge is 0.497 e. The molecule has 0 radical (unpaired) electrons. The van der Waals surface area contributed by atoms with Crippen molar-refractivity contribution < 1.29 is 17.9 Å². The van der Waals surface area contributed by atoms with E-state index in [2.05, 4.69) is 12.2 Å². The summed E-state index contributed by atoms with van der Waals surface area (Å²) in [6.07, 6.45) is 1.94. The molecule has 6 nitrogen and oxygen atoms in total. The monoisotopic (exact) mass is 388 g/mol. The van der Waals surface area contributed by atoms with Crippen molar-refractivity contribution in [1.82, 2.24) is 4.31 Å². The van der Waals surface area contributed by atoms with Gasteiger partial charge in [-0.05, 0) is 61.2 Å². The Morgan fingerprint density at radius 1 is 1.19 bits per heavy atom. The number of hydrogen-bond donors (Lipinski definition) is 1. The number of sulfonamides is 1. The minimum atomic E-state index is -3.50. The minimum absolute atomic E-state index is 0.246. The van der Waals surface area contributed by atoms with Crippen LogP contribution >= 0.6 is 0 Å². The highest BCUT2D eigenvalue weighted by atomic mass is 32.2. The van der Waals surface area contributed by atoms with Crippen LogP contribution in [0.15, 0.2) is 53.4 Å². The number of amides is 1. The molecule has 27 heavy (non-hydrogen) atoms. The Morgan fingerprint density at radius 2 is 1.93 bits per heavy atom. The zero-order valence-electron chi connectivity index (χ0n) is 15.5. The van der Waals surface area contributed by atoms with Crippen LogP contribution in [0, 0.1) is 5.92 Å². The van der Waals surface area contributed by atoms with Crippen molar-refractivity contribution in [2.45, 2.75) is 24.7 Å². The maximum absolute atomic E-state index is 12.8. The van der Waals surface area contributed by atoms with Gasteiger partial charge in [0.2, 0.25) is 10.0 Å². The summed E-state index contributed by atoms with van der Waals surface area (Å²) >= 11 is 0. The van der Waals surface area contributed by atoms with E-state index in [1.165, 1.54) is 12.1 Å². The van der Waals surface area contributed by atoms with Gasteiger partial charge in [0.15, 0.2) is 0 Å². The average Bonchev–Trinajstić information content (AvgIpc) is 2.68. The first kappa shape index (κ1) is 19.4. The standard InChI is InChI=1S/C20H24N2O4S/c1-15-5-4-12-22(14-15)27(24,25)19-10-8-17(9-11-19)21-20(23)16-6-3-7-18(13-16)26-2/h3,6-11,13,15H,4-5,12,14H2,1-2H3,(H,21,23). The Bertz CT molecular complexity index is 910. The van der Waals surface area contributed by atoms with Crippen LogP contribution in [0.25, 0.3) is 0 Å². The zero-order chi connectivity index (χ0) is 19.4. The maximum atomic E-state index is 12.8. The van der Waals surface area contributed by atoms with Gasteiger partial charge in [0.25, 0.3) is 5.91 Å². The topological polar surface area (TPSA) is 75.7 Å². The predicted molar refractivity (Wildman–Crippen MR) is 105 cm³/mol. The third-order valence-corrected chi connectivity index (χ3v) is 6.58. The van der Waals surface area contributed by atoms with Crippen molar-refractivity contribution >= 4 is 21.6 Å². The second-order valence-corrected chi connectivity index (χ2v) is 8.76. The fraction of sp³-hybridized carbons (Fsp3) is 0.350. The molecule has 1 saturated heterocycles. The highest BCUT2D eigenvalue weighted by Crippen LogP contribution is 2.24. The summed E-state index contributed by atoms with van der Waals surface area (Å²) in [5.41, 5.74) is 1.00. The summed E-state index contributed by atoms with van der Waals surface area (Å²) < 4.78 is 32.2. The van der Waals surface area contributed by atoms with Gasteiger partial charge in [-0.2, -0.15) is 4.31 Å². The lowest BCUT2D eigenvalue weighted by Crippen LogP contribution is -2.39. The molecule has 0 aliphatic carbocycles. The Labute approximate surface area is 160 Å². The average molecular weight is 388 g/mol. The highest BCUT2D eigenvalue weighted by Gasteiger charge is 2.28. The Kier molecular flexibility index (Phi) is 5.82. The van der Waals surface area contributed by atoms with Crippen molar-refractivity contribution in [1.29, 1.82) is 0 Å². The first-order valence-corrected chi connectivity index (χ1v) is 10.4. The third kappa shape index (κ3) is 4.48. The number of nitrogens with one attached hydrogen (secondary N) is 1. The second kappa shape index (κ2) is 8.10. The van der Waals surface area contributed by atoms with Crippen molar-refractivity contribution in [3.63, 3.8) is 0 Å². The van der Waals surface area contributed by atoms with E-state index in [0.717, 1.165) is 12.8 Å². The van der Waals surface area contributed by atoms with Crippen LogP contribution in [0.1, 0.15) is 30.1 Å². The smallest absolute Gasteiger partial charge is 0.255 e. The molecule has 0 spiro atoms. The lowest BCUT2D eigenvalue weighted by molar-refractivity contribution is 0.102. The second-order valence-electron chi connectivity index (χ2n) is 6.82. The molecule has 0 saturated carbocycles. The molecule has 1 aliphatic heterocycles. The minimum Gasteiger partial charge on any atom is -0.497 e. The van der Waals surface area contributed by atoms with Gasteiger partial charge in [-0.3, -0.25) is 4.79 Å². The number of piperidine rings is 1. The van der Waals surface area contributed by atoms with E-state index in [-0.39, 0.29) is 10.8 Å². The number of carbonyl (C=O) groups excluding carboxylic acids is 1. The lowest BCUT2D eigenvalue weighted by atomic mass is 10.0. The molecule has 2 aromatic carbocycles. The summed E-state index contributed by atoms with van der Waals surface area (Å²) in [5, 5.41) is 2.77. The van der Waals surface area contributed by atoms with Crippen LogP contribution in [0.2, 0.25) is 0 Å². The van der Waals surface area contributed by atoms with Crippen molar-refractivity contribution in [3.05, 3.63) is 54.1 Å². The number of anilines is 1. The van der Waals surface area contributed by atoms with Crippen LogP contribution in [0.5, 0.6) is 5.75 Å². The molecule has 0 aromatic heterocycles. The number of nitrogens with zero attached hydrogens (tertiary/aromatic N) is 1. The number of hydrogen-bond acceptors (Lipinski definition) is 4. The fourth-order valence-corrected chi connectivity index (χ4v) is 4.79. The molecular formula is C20H24N2O4S. The summed E-state index contributed by atoms with van der Waals surface area (Å²) in [7, 11) is -1.96. The molecule has 2 aromatic rings. The summed E-state index contributed by atoms with van der Waals surface area (Å²) in [5.74, 6) is 0.684. The summed E-state index contributed by atoms with van der Waals surface area (Å²) in [6.45, 7) is 3.18. The normalized spacial score (nSPS) is 18.1. The molecule has 1 amide bonds. The summed E-state index contributed by atoms with van der Waals surface area (Å²) in [6, 6.07) is 13.1. The van der Waals surface area contributed by atoms with Crippen molar-refractivity contribution in [2.75, 3.05) is 25.5 Å². The Hall–Kier alpha value is -2.38. The Morgan fingerprint density at radius 3 is 2.59 bits per heavy atom. The molecule has 1 heterocycles. The highest BCUT2D eigenvalue weighted by molar-refractivity contribution is 7.89. The SMILES string of the molecule is COc1cccc(C(=O)Nc2ccc(S(=O)(=O)N3CCCC(C)C3)cc2)c1. The van der Waals surface area contributed by atoms with E-state index < -0.39 is 10.0 Å². The Balaban J connectivity index is 1.72. The zero-order valence-corrected chi connectivity index (χ0v) is 16.3. The van der Waals surface area contributed by atoms with Gasteiger partial charge >= 0.3 is 0 Å². The van der Waals surface area contributed by atoms with Crippen LogP contribution in [0.4, 0.5) is 5.69 Å². The van der Waals surface area contributed by atoms with E-state index >= 15 is 0 Å². The van der Waals surface area contributed by atoms with Gasteiger partial charge in [-0.15, -0.1) is 0 Å². The van der Waals surface area contributed by atoms with Crippen LogP contribution in [-0.2, 0) is 10.0 Å². The maximum Gasteiger partial charge on any atom is 0.255 e. The summed E-state index contributed by atoms with van der Waals surface area (Å²) in [4.78, 5) is 12.6. The van der Waals surface area contributed by atoms with Gasteiger partial charge in [0.05, 0.1) is 12.0 Å². The quantitative estimate of drug-likeness (QED) is 0.852. The fourth-order valence-electron chi connectivity index (χ4n) is 3.19. The lowest BCUT2D eigenvalue weighted by Gasteiger charge is -2.30. The van der Waals surface area contributed by atoms with Gasteiger partial charge < -0.3 is 10.1 Å². The first-order chi connectivity index (χ1) is 12.9. The molecule has 1 fully saturated rings. The van der Waals surface area contributed by atoms with Crippen molar-refractivity contribution in [2.24, 2.45) is 5.92 Å². The van der Waals surface area contributed by atoms with E-state index in [1.807, 2.05) is 0 Å².